The number of nitrogens with two attached hydrogens (primary N) is 1. The summed E-state index contributed by atoms with van der Waals surface area (Å²) in [6.07, 6.45) is 0.983. The number of anilines is 1. The first-order valence-corrected chi connectivity index (χ1v) is 8.81. The maximum Gasteiger partial charge on any atom is 0.160 e. The van der Waals surface area contributed by atoms with Crippen LogP contribution in [0.5, 0.6) is 11.5 Å². The summed E-state index contributed by atoms with van der Waals surface area (Å²) in [7, 11) is 3.34. The molecule has 3 rings (SSSR count). The van der Waals surface area contributed by atoms with E-state index in [2.05, 4.69) is 49.1 Å². The number of hydrogen-bond donors (Lipinski definition) is 1. The second-order valence-electron chi connectivity index (χ2n) is 6.98. The molecular weight excluding hydrogens is 312 g/mol. The fourth-order valence-corrected chi connectivity index (χ4v) is 3.62. The summed E-state index contributed by atoms with van der Waals surface area (Å²) in [6, 6.07) is 13.0. The molecular formula is C21H28N2O2. The fraction of sp³-hybridized carbons (Fsp3) is 0.429. The largest absolute Gasteiger partial charge is 0.493 e. The minimum absolute atomic E-state index is 0.161. The molecule has 0 aromatic heterocycles. The van der Waals surface area contributed by atoms with E-state index in [0.717, 1.165) is 31.0 Å². The molecule has 2 N–H and O–H groups in total. The van der Waals surface area contributed by atoms with Crippen molar-refractivity contribution in [2.24, 2.45) is 5.73 Å². The Morgan fingerprint density at radius 3 is 2.36 bits per heavy atom. The Morgan fingerprint density at radius 1 is 0.920 bits per heavy atom. The molecule has 25 heavy (non-hydrogen) atoms. The van der Waals surface area contributed by atoms with E-state index < -0.39 is 0 Å². The quantitative estimate of drug-likeness (QED) is 0.923. The molecule has 0 amide bonds. The zero-order valence-corrected chi connectivity index (χ0v) is 15.6. The maximum atomic E-state index is 6.39. The lowest BCUT2D eigenvalue weighted by molar-refractivity contribution is 0.353. The Balaban J connectivity index is 1.86. The van der Waals surface area contributed by atoms with Crippen molar-refractivity contribution in [1.29, 1.82) is 0 Å². The zero-order valence-electron chi connectivity index (χ0n) is 15.6. The van der Waals surface area contributed by atoms with E-state index in [-0.39, 0.29) is 6.04 Å². The number of hydrogen-bond acceptors (Lipinski definition) is 4. The predicted molar refractivity (Wildman–Crippen MR) is 103 cm³/mol. The van der Waals surface area contributed by atoms with Gasteiger partial charge in [0.05, 0.1) is 14.2 Å². The minimum Gasteiger partial charge on any atom is -0.493 e. The molecule has 0 saturated carbocycles. The molecule has 1 fully saturated rings. The van der Waals surface area contributed by atoms with Crippen LogP contribution < -0.4 is 20.1 Å². The first kappa shape index (κ1) is 17.6. The Labute approximate surface area is 150 Å². The molecule has 4 heteroatoms. The van der Waals surface area contributed by atoms with Gasteiger partial charge in [-0.15, -0.1) is 0 Å². The van der Waals surface area contributed by atoms with Crippen molar-refractivity contribution >= 4 is 5.69 Å². The summed E-state index contributed by atoms with van der Waals surface area (Å²) in [5.41, 5.74) is 11.5. The molecule has 2 atom stereocenters. The number of ether oxygens (including phenoxy) is 2. The normalized spacial score (nSPS) is 20.4. The summed E-state index contributed by atoms with van der Waals surface area (Å²) in [4.78, 5) is 2.40. The van der Waals surface area contributed by atoms with E-state index in [9.17, 15) is 0 Å². The van der Waals surface area contributed by atoms with E-state index >= 15 is 0 Å². The summed E-state index contributed by atoms with van der Waals surface area (Å²) in [5, 5.41) is 0. The van der Waals surface area contributed by atoms with Gasteiger partial charge in [0.1, 0.15) is 0 Å². The van der Waals surface area contributed by atoms with Gasteiger partial charge >= 0.3 is 0 Å². The molecule has 4 nitrogen and oxygen atoms in total. The molecule has 134 valence electrons. The van der Waals surface area contributed by atoms with Gasteiger partial charge < -0.3 is 20.1 Å². The molecule has 1 saturated heterocycles. The van der Waals surface area contributed by atoms with Gasteiger partial charge in [-0.3, -0.25) is 0 Å². The lowest BCUT2D eigenvalue weighted by Crippen LogP contribution is -2.46. The van der Waals surface area contributed by atoms with Crippen LogP contribution >= 0.6 is 0 Å². The van der Waals surface area contributed by atoms with E-state index in [1.165, 1.54) is 22.4 Å². The third kappa shape index (κ3) is 3.74. The lowest BCUT2D eigenvalue weighted by Gasteiger charge is -2.38. The Bertz CT molecular complexity index is 745. The standard InChI is InChI=1S/C21H28N2O2/c1-14-5-7-19(9-15(14)2)23-12-17(10-18(22)13-23)16-6-8-20(24-3)21(11-16)25-4/h5-9,11,17-18H,10,12-13,22H2,1-4H3. The van der Waals surface area contributed by atoms with Crippen molar-refractivity contribution in [3.05, 3.63) is 53.1 Å². The highest BCUT2D eigenvalue weighted by Gasteiger charge is 2.27. The van der Waals surface area contributed by atoms with E-state index in [4.69, 9.17) is 15.2 Å². The third-order valence-electron chi connectivity index (χ3n) is 5.22. The van der Waals surface area contributed by atoms with Gasteiger partial charge in [0.25, 0.3) is 0 Å². The van der Waals surface area contributed by atoms with Gasteiger partial charge in [0.15, 0.2) is 11.5 Å². The zero-order chi connectivity index (χ0) is 18.0. The van der Waals surface area contributed by atoms with Crippen LogP contribution in [0.2, 0.25) is 0 Å². The number of piperidine rings is 1. The molecule has 0 aliphatic carbocycles. The van der Waals surface area contributed by atoms with Crippen molar-refractivity contribution in [2.75, 3.05) is 32.2 Å². The lowest BCUT2D eigenvalue weighted by atomic mass is 9.87. The van der Waals surface area contributed by atoms with Crippen LogP contribution in [0.3, 0.4) is 0 Å². The molecule has 2 unspecified atom stereocenters. The first-order chi connectivity index (χ1) is 12.0. The van der Waals surface area contributed by atoms with Crippen molar-refractivity contribution in [3.63, 3.8) is 0 Å². The summed E-state index contributed by atoms with van der Waals surface area (Å²) >= 11 is 0. The molecule has 2 aromatic rings. The van der Waals surface area contributed by atoms with Crippen molar-refractivity contribution in [3.8, 4) is 11.5 Å². The van der Waals surface area contributed by atoms with Gasteiger partial charge in [-0.25, -0.2) is 0 Å². The minimum atomic E-state index is 0.161. The van der Waals surface area contributed by atoms with Gasteiger partial charge in [-0.2, -0.15) is 0 Å². The average Bonchev–Trinajstić information content (AvgIpc) is 2.62. The summed E-state index contributed by atoms with van der Waals surface area (Å²) in [5.74, 6) is 1.92. The van der Waals surface area contributed by atoms with Gasteiger partial charge in [0, 0.05) is 30.7 Å². The number of aryl methyl sites for hydroxylation is 2. The Hall–Kier alpha value is -2.20. The molecule has 1 aliphatic heterocycles. The molecule has 1 aliphatic rings. The van der Waals surface area contributed by atoms with Crippen LogP contribution in [0.25, 0.3) is 0 Å². The highest BCUT2D eigenvalue weighted by atomic mass is 16.5. The monoisotopic (exact) mass is 340 g/mol. The molecule has 0 radical (unpaired) electrons. The molecule has 0 bridgehead atoms. The SMILES string of the molecule is COc1ccc(C2CC(N)CN(c3ccc(C)c(C)c3)C2)cc1OC. The highest BCUT2D eigenvalue weighted by molar-refractivity contribution is 5.52. The van der Waals surface area contributed by atoms with Crippen LogP contribution in [0.15, 0.2) is 36.4 Å². The molecule has 1 heterocycles. The van der Waals surface area contributed by atoms with Gasteiger partial charge in [0.2, 0.25) is 0 Å². The second kappa shape index (κ2) is 7.36. The smallest absolute Gasteiger partial charge is 0.160 e. The number of benzene rings is 2. The molecule has 0 spiro atoms. The van der Waals surface area contributed by atoms with Gasteiger partial charge in [-0.05, 0) is 61.2 Å². The van der Waals surface area contributed by atoms with Crippen molar-refractivity contribution < 1.29 is 9.47 Å². The van der Waals surface area contributed by atoms with Crippen LogP contribution in [0.1, 0.15) is 29.0 Å². The average molecular weight is 340 g/mol. The first-order valence-electron chi connectivity index (χ1n) is 8.81. The van der Waals surface area contributed by atoms with Crippen LogP contribution in [0.4, 0.5) is 5.69 Å². The Morgan fingerprint density at radius 2 is 1.68 bits per heavy atom. The van der Waals surface area contributed by atoms with Crippen molar-refractivity contribution in [1.82, 2.24) is 0 Å². The molecule has 2 aromatic carbocycles. The number of rotatable bonds is 4. The maximum absolute atomic E-state index is 6.39. The van der Waals surface area contributed by atoms with Crippen LogP contribution in [0, 0.1) is 13.8 Å². The Kier molecular flexibility index (Phi) is 5.19. The van der Waals surface area contributed by atoms with E-state index in [1.54, 1.807) is 14.2 Å². The van der Waals surface area contributed by atoms with Crippen molar-refractivity contribution in [2.45, 2.75) is 32.2 Å². The second-order valence-corrected chi connectivity index (χ2v) is 6.98. The van der Waals surface area contributed by atoms with Gasteiger partial charge in [-0.1, -0.05) is 12.1 Å². The fourth-order valence-electron chi connectivity index (χ4n) is 3.62. The third-order valence-corrected chi connectivity index (χ3v) is 5.22. The number of methoxy groups -OCH3 is 2. The number of nitrogens with zero attached hydrogens (tertiary/aromatic N) is 1. The van der Waals surface area contributed by atoms with E-state index in [0.29, 0.717) is 5.92 Å². The summed E-state index contributed by atoms with van der Waals surface area (Å²) < 4.78 is 10.8. The predicted octanol–water partition coefficient (Wildman–Crippen LogP) is 3.64. The van der Waals surface area contributed by atoms with Crippen LogP contribution in [-0.2, 0) is 0 Å². The highest BCUT2D eigenvalue weighted by Crippen LogP contribution is 2.35. The van der Waals surface area contributed by atoms with Crippen LogP contribution in [-0.4, -0.2) is 33.4 Å². The topological polar surface area (TPSA) is 47.7 Å². The summed E-state index contributed by atoms with van der Waals surface area (Å²) in [6.45, 7) is 6.17. The van der Waals surface area contributed by atoms with E-state index in [1.807, 2.05) is 6.07 Å².